The molecule has 2 aliphatic carbocycles. The topological polar surface area (TPSA) is 52.6 Å². The Morgan fingerprint density at radius 1 is 0.611 bits per heavy atom. The summed E-state index contributed by atoms with van der Waals surface area (Å²) in [4.78, 5) is 25.6. The van der Waals surface area contributed by atoms with E-state index in [1.165, 1.54) is 11.1 Å². The summed E-state index contributed by atoms with van der Waals surface area (Å²) in [5.41, 5.74) is 6.39. The van der Waals surface area contributed by atoms with Gasteiger partial charge in [0, 0.05) is 36.8 Å². The van der Waals surface area contributed by atoms with E-state index in [9.17, 15) is 9.59 Å². The number of unbranched alkanes of at least 4 members (excludes halogenated alkanes) is 4. The number of carbonyl (C=O) groups is 2. The summed E-state index contributed by atoms with van der Waals surface area (Å²) < 4.78 is 12.1. The van der Waals surface area contributed by atoms with E-state index in [2.05, 4.69) is 50.2 Å². The van der Waals surface area contributed by atoms with Crippen molar-refractivity contribution >= 4 is 23.1 Å². The summed E-state index contributed by atoms with van der Waals surface area (Å²) >= 11 is 0. The van der Waals surface area contributed by atoms with E-state index in [0.29, 0.717) is 37.2 Å². The number of rotatable bonds is 11. The predicted molar refractivity (Wildman–Crippen MR) is 144 cm³/mol. The second-order valence-corrected chi connectivity index (χ2v) is 9.77. The molecular formula is C32H38O4. The van der Waals surface area contributed by atoms with Crippen LogP contribution in [0.3, 0.4) is 0 Å². The lowest BCUT2D eigenvalue weighted by atomic mass is 9.78. The highest BCUT2D eigenvalue weighted by molar-refractivity contribution is 6.09. The van der Waals surface area contributed by atoms with Gasteiger partial charge in [-0.05, 0) is 47.9 Å². The summed E-state index contributed by atoms with van der Waals surface area (Å²) in [5, 5.41) is 0. The molecule has 2 aromatic rings. The van der Waals surface area contributed by atoms with Crippen molar-refractivity contribution in [3.8, 4) is 0 Å². The number of fused-ring (bicyclic) bond motifs is 2. The Balaban J connectivity index is 1.80. The second kappa shape index (κ2) is 12.7. The molecule has 0 aliphatic heterocycles. The number of esters is 2. The van der Waals surface area contributed by atoms with E-state index in [4.69, 9.17) is 9.47 Å². The Bertz CT molecular complexity index is 1060. The first kappa shape index (κ1) is 25.9. The van der Waals surface area contributed by atoms with Crippen LogP contribution >= 0.6 is 0 Å². The molecule has 190 valence electrons. The summed E-state index contributed by atoms with van der Waals surface area (Å²) in [7, 11) is 0. The zero-order valence-corrected chi connectivity index (χ0v) is 21.7. The fraction of sp³-hybridized carbons (Fsp3) is 0.438. The molecule has 0 unspecified atom stereocenters. The lowest BCUT2D eigenvalue weighted by Crippen LogP contribution is -2.17. The lowest BCUT2D eigenvalue weighted by Gasteiger charge is -2.29. The fourth-order valence-corrected chi connectivity index (χ4v) is 5.18. The average Bonchev–Trinajstić information content (AvgIpc) is 2.89. The van der Waals surface area contributed by atoms with Crippen LogP contribution in [0.25, 0.3) is 11.1 Å². The molecule has 0 saturated carbocycles. The molecule has 0 atom stereocenters. The van der Waals surface area contributed by atoms with Gasteiger partial charge in [0.15, 0.2) is 0 Å². The molecule has 2 aliphatic rings. The van der Waals surface area contributed by atoms with Crippen LogP contribution in [-0.4, -0.2) is 11.9 Å². The highest BCUT2D eigenvalue weighted by Gasteiger charge is 2.31. The third kappa shape index (κ3) is 6.16. The van der Waals surface area contributed by atoms with E-state index in [0.717, 1.165) is 73.6 Å². The Labute approximate surface area is 215 Å². The average molecular weight is 487 g/mol. The number of allylic oxidation sites excluding steroid dienone is 4. The summed E-state index contributed by atoms with van der Waals surface area (Å²) in [6.45, 7) is 4.25. The minimum Gasteiger partial charge on any atom is -0.430 e. The first-order valence-electron chi connectivity index (χ1n) is 13.7. The molecule has 0 fully saturated rings. The van der Waals surface area contributed by atoms with Crippen LogP contribution in [-0.2, 0) is 31.9 Å². The van der Waals surface area contributed by atoms with Gasteiger partial charge in [-0.2, -0.15) is 0 Å². The molecule has 2 aromatic carbocycles. The number of hydrogen-bond donors (Lipinski definition) is 0. The molecule has 36 heavy (non-hydrogen) atoms. The molecular weight excluding hydrogens is 448 g/mol. The molecule has 0 radical (unpaired) electrons. The molecule has 0 saturated heterocycles. The van der Waals surface area contributed by atoms with E-state index >= 15 is 0 Å². The summed E-state index contributed by atoms with van der Waals surface area (Å²) in [5.74, 6) is 1.03. The van der Waals surface area contributed by atoms with Gasteiger partial charge in [-0.3, -0.25) is 9.59 Å². The van der Waals surface area contributed by atoms with Crippen LogP contribution in [0.15, 0.2) is 60.0 Å². The van der Waals surface area contributed by atoms with Crippen molar-refractivity contribution in [2.45, 2.75) is 90.9 Å². The molecule has 0 heterocycles. The second-order valence-electron chi connectivity index (χ2n) is 9.77. The quantitative estimate of drug-likeness (QED) is 0.239. The van der Waals surface area contributed by atoms with Gasteiger partial charge in [-0.25, -0.2) is 0 Å². The van der Waals surface area contributed by atoms with Gasteiger partial charge in [0.25, 0.3) is 0 Å². The molecule has 4 rings (SSSR count). The highest BCUT2D eigenvalue weighted by Crippen LogP contribution is 2.46. The van der Waals surface area contributed by atoms with Crippen molar-refractivity contribution in [2.24, 2.45) is 0 Å². The Morgan fingerprint density at radius 2 is 1.03 bits per heavy atom. The Morgan fingerprint density at radius 3 is 1.44 bits per heavy atom. The van der Waals surface area contributed by atoms with Crippen molar-refractivity contribution < 1.29 is 19.1 Å². The van der Waals surface area contributed by atoms with E-state index < -0.39 is 0 Å². The maximum Gasteiger partial charge on any atom is 0.310 e. The minimum absolute atomic E-state index is 0.182. The Hall–Kier alpha value is -3.14. The van der Waals surface area contributed by atoms with Gasteiger partial charge in [0.1, 0.15) is 11.5 Å². The van der Waals surface area contributed by atoms with Gasteiger partial charge in [-0.15, -0.1) is 0 Å². The van der Waals surface area contributed by atoms with Gasteiger partial charge in [0.2, 0.25) is 0 Å². The smallest absolute Gasteiger partial charge is 0.310 e. The summed E-state index contributed by atoms with van der Waals surface area (Å²) in [6, 6.07) is 16.6. The molecule has 4 nitrogen and oxygen atoms in total. The monoisotopic (exact) mass is 486 g/mol. The van der Waals surface area contributed by atoms with Gasteiger partial charge in [-0.1, -0.05) is 88.1 Å². The van der Waals surface area contributed by atoms with Crippen LogP contribution in [0.1, 0.15) is 100 Å². The van der Waals surface area contributed by atoms with Gasteiger partial charge >= 0.3 is 11.9 Å². The maximum absolute atomic E-state index is 12.8. The van der Waals surface area contributed by atoms with Gasteiger partial charge in [0.05, 0.1) is 0 Å². The highest BCUT2D eigenvalue weighted by atomic mass is 16.5. The fourth-order valence-electron chi connectivity index (χ4n) is 5.18. The zero-order chi connectivity index (χ0) is 25.3. The molecule has 0 N–H and O–H groups in total. The van der Waals surface area contributed by atoms with Crippen LogP contribution in [0.5, 0.6) is 0 Å². The van der Waals surface area contributed by atoms with Crippen molar-refractivity contribution in [1.29, 1.82) is 0 Å². The largest absolute Gasteiger partial charge is 0.430 e. The first-order valence-corrected chi connectivity index (χ1v) is 13.7. The molecule has 0 bridgehead atoms. The van der Waals surface area contributed by atoms with Crippen LogP contribution in [0, 0.1) is 0 Å². The molecule has 0 spiro atoms. The third-order valence-electron chi connectivity index (χ3n) is 7.07. The molecule has 4 heteroatoms. The number of ether oxygens (including phenoxy) is 2. The van der Waals surface area contributed by atoms with Crippen molar-refractivity contribution in [3.63, 3.8) is 0 Å². The number of benzene rings is 2. The number of hydrogen-bond acceptors (Lipinski definition) is 4. The standard InChI is InChI=1S/C32H38O4/c1-3-5-7-17-29(33)35-27-21-19-23-13-9-11-15-25(23)31(27)32-26-16-12-10-14-24(26)20-22-28(32)36-30(34)18-8-6-4-2/h9-16H,3-8,17-22H2,1-2H3. The number of aryl methyl sites for hydroxylation is 2. The lowest BCUT2D eigenvalue weighted by molar-refractivity contribution is -0.140. The van der Waals surface area contributed by atoms with E-state index in [1.807, 2.05) is 12.1 Å². The van der Waals surface area contributed by atoms with Crippen molar-refractivity contribution in [1.82, 2.24) is 0 Å². The predicted octanol–water partition coefficient (Wildman–Crippen LogP) is 7.95. The Kier molecular flexibility index (Phi) is 9.16. The van der Waals surface area contributed by atoms with Crippen LogP contribution < -0.4 is 0 Å². The number of carbonyl (C=O) groups excluding carboxylic acids is 2. The summed E-state index contributed by atoms with van der Waals surface area (Å²) in [6.07, 6.45) is 9.59. The SMILES string of the molecule is CCCCCC(=O)OC1=C(C2=C(OC(=O)CCCCC)CCc3ccccc32)c2ccccc2CC1. The first-order chi connectivity index (χ1) is 17.6. The maximum atomic E-state index is 12.8. The van der Waals surface area contributed by atoms with Crippen LogP contribution in [0.2, 0.25) is 0 Å². The molecule has 0 amide bonds. The zero-order valence-electron chi connectivity index (χ0n) is 21.7. The normalized spacial score (nSPS) is 14.8. The van der Waals surface area contributed by atoms with E-state index in [-0.39, 0.29) is 11.9 Å². The van der Waals surface area contributed by atoms with Crippen molar-refractivity contribution in [3.05, 3.63) is 82.3 Å². The third-order valence-corrected chi connectivity index (χ3v) is 7.07. The van der Waals surface area contributed by atoms with E-state index in [1.54, 1.807) is 0 Å². The van der Waals surface area contributed by atoms with Gasteiger partial charge < -0.3 is 9.47 Å². The van der Waals surface area contributed by atoms with Crippen LogP contribution in [0.4, 0.5) is 0 Å². The molecule has 0 aromatic heterocycles. The van der Waals surface area contributed by atoms with Crippen molar-refractivity contribution in [2.75, 3.05) is 0 Å². The minimum atomic E-state index is -0.182.